The molecule has 3 atom stereocenters. The van der Waals surface area contributed by atoms with E-state index in [4.69, 9.17) is 13.8 Å². The van der Waals surface area contributed by atoms with Gasteiger partial charge in [0, 0.05) is 12.8 Å². The molecule has 1 unspecified atom stereocenters. The number of allylic oxidation sites excluding steroid dienone is 1. The average Bonchev–Trinajstić information content (AvgIpc) is 2.38. The first-order chi connectivity index (χ1) is 9.85. The molecule has 0 spiro atoms. The summed E-state index contributed by atoms with van der Waals surface area (Å²) in [5.41, 5.74) is -0.802. The van der Waals surface area contributed by atoms with Crippen LogP contribution in [0.25, 0.3) is 0 Å². The Morgan fingerprint density at radius 1 is 1.19 bits per heavy atom. The van der Waals surface area contributed by atoms with Crippen LogP contribution in [0.5, 0.6) is 0 Å². The number of esters is 1. The molecular weight excluding hydrogens is 295 g/mol. The van der Waals surface area contributed by atoms with E-state index in [2.05, 4.69) is 0 Å². The number of hydrogen-bond donors (Lipinski definition) is 0. The largest absolute Gasteiger partial charge is 0.457 e. The van der Waals surface area contributed by atoms with Crippen LogP contribution in [0.15, 0.2) is 12.2 Å². The SMILES string of the molecule is CCOP(=O)(OCC)[C@H]1C(OC(C)=O)C=CC[C@@H]1C(C)=O. The molecule has 0 saturated carbocycles. The Morgan fingerprint density at radius 3 is 2.19 bits per heavy atom. The molecule has 0 bridgehead atoms. The lowest BCUT2D eigenvalue weighted by Crippen LogP contribution is -2.41. The van der Waals surface area contributed by atoms with Gasteiger partial charge in [-0.15, -0.1) is 0 Å². The smallest absolute Gasteiger partial charge is 0.338 e. The lowest BCUT2D eigenvalue weighted by Gasteiger charge is -2.36. The number of ether oxygens (including phenoxy) is 1. The third-order valence-corrected chi connectivity index (χ3v) is 5.89. The fraction of sp³-hybridized carbons (Fsp3) is 0.714. The first-order valence-electron chi connectivity index (χ1n) is 7.08. The molecule has 6 nitrogen and oxygen atoms in total. The molecule has 1 aliphatic rings. The highest BCUT2D eigenvalue weighted by Gasteiger charge is 2.49. The second kappa shape index (κ2) is 7.87. The summed E-state index contributed by atoms with van der Waals surface area (Å²) in [6, 6.07) is 0. The highest BCUT2D eigenvalue weighted by Crippen LogP contribution is 2.58. The van der Waals surface area contributed by atoms with E-state index in [-0.39, 0.29) is 19.0 Å². The normalized spacial score (nSPS) is 25.6. The minimum Gasteiger partial charge on any atom is -0.457 e. The Balaban J connectivity index is 3.22. The number of rotatable bonds is 7. The number of carbonyl (C=O) groups excluding carboxylic acids is 2. The van der Waals surface area contributed by atoms with Gasteiger partial charge in [0.05, 0.1) is 13.2 Å². The van der Waals surface area contributed by atoms with Gasteiger partial charge < -0.3 is 13.8 Å². The van der Waals surface area contributed by atoms with Crippen LogP contribution in [0.3, 0.4) is 0 Å². The topological polar surface area (TPSA) is 78.9 Å². The fourth-order valence-electron chi connectivity index (χ4n) is 2.52. The van der Waals surface area contributed by atoms with Crippen LogP contribution in [-0.2, 0) is 27.9 Å². The lowest BCUT2D eigenvalue weighted by molar-refractivity contribution is -0.145. The molecule has 0 amide bonds. The molecule has 21 heavy (non-hydrogen) atoms. The van der Waals surface area contributed by atoms with Crippen molar-refractivity contribution in [2.45, 2.75) is 45.9 Å². The molecule has 120 valence electrons. The van der Waals surface area contributed by atoms with Gasteiger partial charge in [-0.3, -0.25) is 14.2 Å². The summed E-state index contributed by atoms with van der Waals surface area (Å²) in [7, 11) is -3.57. The summed E-state index contributed by atoms with van der Waals surface area (Å²) in [5.74, 6) is -1.18. The lowest BCUT2D eigenvalue weighted by atomic mass is 9.89. The molecule has 7 heteroatoms. The van der Waals surface area contributed by atoms with Crippen LogP contribution >= 0.6 is 7.60 Å². The molecule has 0 aromatic heterocycles. The Bertz CT molecular complexity index is 448. The van der Waals surface area contributed by atoms with Gasteiger partial charge in [0.15, 0.2) is 0 Å². The van der Waals surface area contributed by atoms with E-state index < -0.39 is 31.2 Å². The van der Waals surface area contributed by atoms with E-state index in [0.717, 1.165) is 0 Å². The second-order valence-corrected chi connectivity index (χ2v) is 7.01. The van der Waals surface area contributed by atoms with Gasteiger partial charge in [-0.1, -0.05) is 6.08 Å². The number of hydrogen-bond acceptors (Lipinski definition) is 6. The molecule has 0 fully saturated rings. The van der Waals surface area contributed by atoms with Crippen molar-refractivity contribution in [1.29, 1.82) is 0 Å². The molecule has 0 radical (unpaired) electrons. The molecule has 0 aromatic rings. The predicted molar refractivity (Wildman–Crippen MR) is 78.1 cm³/mol. The maximum absolute atomic E-state index is 13.1. The zero-order chi connectivity index (χ0) is 16.0. The average molecular weight is 318 g/mol. The van der Waals surface area contributed by atoms with E-state index in [1.54, 1.807) is 26.0 Å². The van der Waals surface area contributed by atoms with Crippen LogP contribution in [0.1, 0.15) is 34.1 Å². The summed E-state index contributed by atoms with van der Waals surface area (Å²) >= 11 is 0. The van der Waals surface area contributed by atoms with Crippen molar-refractivity contribution in [2.24, 2.45) is 5.92 Å². The number of Topliss-reactive ketones (excluding diaryl/α,β-unsaturated/α-hetero) is 1. The third kappa shape index (κ3) is 4.50. The van der Waals surface area contributed by atoms with Crippen molar-refractivity contribution < 1.29 is 27.9 Å². The molecular formula is C14H23O6P. The zero-order valence-corrected chi connectivity index (χ0v) is 13.8. The predicted octanol–water partition coefficient (Wildman–Crippen LogP) is 2.72. The molecule has 0 aliphatic heterocycles. The van der Waals surface area contributed by atoms with Crippen molar-refractivity contribution in [3.8, 4) is 0 Å². The van der Waals surface area contributed by atoms with Crippen LogP contribution in [0, 0.1) is 5.92 Å². The van der Waals surface area contributed by atoms with Crippen LogP contribution in [-0.4, -0.2) is 36.7 Å². The van der Waals surface area contributed by atoms with Gasteiger partial charge >= 0.3 is 13.6 Å². The monoisotopic (exact) mass is 318 g/mol. The van der Waals surface area contributed by atoms with Crippen molar-refractivity contribution in [2.75, 3.05) is 13.2 Å². The minimum atomic E-state index is -3.57. The molecule has 0 N–H and O–H groups in total. The molecule has 1 aliphatic carbocycles. The van der Waals surface area contributed by atoms with E-state index in [1.807, 2.05) is 0 Å². The fourth-order valence-corrected chi connectivity index (χ4v) is 4.95. The standard InChI is InChI=1S/C14H23O6P/c1-5-18-21(17,19-6-2)14-12(10(3)15)8-7-9-13(14)20-11(4)16/h7,9,12-14H,5-6,8H2,1-4H3/t12-,13?,14-/m1/s1. The Labute approximate surface area is 125 Å². The molecule has 0 heterocycles. The van der Waals surface area contributed by atoms with Crippen LogP contribution in [0.2, 0.25) is 0 Å². The van der Waals surface area contributed by atoms with Gasteiger partial charge in [0.25, 0.3) is 0 Å². The van der Waals surface area contributed by atoms with Crippen LogP contribution < -0.4 is 0 Å². The summed E-state index contributed by atoms with van der Waals surface area (Å²) in [6.07, 6.45) is 3.06. The van der Waals surface area contributed by atoms with E-state index >= 15 is 0 Å². The Kier molecular flexibility index (Phi) is 6.78. The van der Waals surface area contributed by atoms with Crippen LogP contribution in [0.4, 0.5) is 0 Å². The van der Waals surface area contributed by atoms with Gasteiger partial charge in [-0.2, -0.15) is 0 Å². The first kappa shape index (κ1) is 18.1. The third-order valence-electron chi connectivity index (χ3n) is 3.27. The summed E-state index contributed by atoms with van der Waals surface area (Å²) in [6.45, 7) is 6.49. The summed E-state index contributed by atoms with van der Waals surface area (Å²) < 4.78 is 29.0. The van der Waals surface area contributed by atoms with Gasteiger partial charge in [-0.25, -0.2) is 0 Å². The quantitative estimate of drug-likeness (QED) is 0.408. The summed E-state index contributed by atoms with van der Waals surface area (Å²) in [4.78, 5) is 23.2. The van der Waals surface area contributed by atoms with Crippen molar-refractivity contribution in [1.82, 2.24) is 0 Å². The molecule has 1 rings (SSSR count). The van der Waals surface area contributed by atoms with Crippen molar-refractivity contribution in [3.63, 3.8) is 0 Å². The maximum atomic E-state index is 13.1. The van der Waals surface area contributed by atoms with E-state index in [0.29, 0.717) is 6.42 Å². The van der Waals surface area contributed by atoms with Crippen molar-refractivity contribution in [3.05, 3.63) is 12.2 Å². The summed E-state index contributed by atoms with van der Waals surface area (Å²) in [5, 5.41) is 0. The maximum Gasteiger partial charge on any atom is 0.338 e. The number of ketones is 1. The Hall–Kier alpha value is -0.970. The zero-order valence-electron chi connectivity index (χ0n) is 12.9. The van der Waals surface area contributed by atoms with Crippen molar-refractivity contribution >= 4 is 19.3 Å². The highest BCUT2D eigenvalue weighted by molar-refractivity contribution is 7.54. The minimum absolute atomic E-state index is 0.124. The van der Waals surface area contributed by atoms with Gasteiger partial charge in [0.2, 0.25) is 0 Å². The van der Waals surface area contributed by atoms with Gasteiger partial charge in [-0.05, 0) is 33.3 Å². The number of carbonyl (C=O) groups is 2. The highest BCUT2D eigenvalue weighted by atomic mass is 31.2. The van der Waals surface area contributed by atoms with E-state index in [1.165, 1.54) is 13.8 Å². The van der Waals surface area contributed by atoms with Gasteiger partial charge in [0.1, 0.15) is 17.5 Å². The molecule has 0 saturated heterocycles. The Morgan fingerprint density at radius 2 is 1.76 bits per heavy atom. The second-order valence-electron chi connectivity index (χ2n) is 4.82. The molecule has 0 aromatic carbocycles. The van der Waals surface area contributed by atoms with E-state index in [9.17, 15) is 14.2 Å². The first-order valence-corrected chi connectivity index (χ1v) is 8.70.